The molecule has 1 atom stereocenters. The van der Waals surface area contributed by atoms with Crippen LogP contribution in [-0.4, -0.2) is 44.4 Å². The molecule has 0 heterocycles. The maximum Gasteiger partial charge on any atom is 0.237 e. The predicted octanol–water partition coefficient (Wildman–Crippen LogP) is 1.06. The van der Waals surface area contributed by atoms with Crippen LogP contribution in [-0.2, 0) is 14.3 Å². The Morgan fingerprint density at radius 1 is 1.22 bits per heavy atom. The number of ether oxygens (including phenoxy) is 2. The van der Waals surface area contributed by atoms with Gasteiger partial charge in [-0.1, -0.05) is 0 Å². The monoisotopic (exact) mass is 260 g/mol. The average molecular weight is 260 g/mol. The van der Waals surface area contributed by atoms with E-state index in [2.05, 4.69) is 5.32 Å². The Kier molecular flexibility index (Phi) is 7.43. The molecule has 5 nitrogen and oxygen atoms in total. The van der Waals surface area contributed by atoms with Crippen molar-refractivity contribution < 1.29 is 14.3 Å². The zero-order valence-corrected chi connectivity index (χ0v) is 12.3. The number of hydrogen-bond donors (Lipinski definition) is 2. The molecule has 108 valence electrons. The number of nitrogens with one attached hydrogen (secondary N) is 1. The zero-order chi connectivity index (χ0) is 14.2. The summed E-state index contributed by atoms with van der Waals surface area (Å²) < 4.78 is 10.8. The molecule has 0 aromatic rings. The maximum absolute atomic E-state index is 11.2. The van der Waals surface area contributed by atoms with Crippen molar-refractivity contribution in [2.75, 3.05) is 27.4 Å². The molecule has 1 unspecified atom stereocenters. The van der Waals surface area contributed by atoms with Crippen molar-refractivity contribution in [1.29, 1.82) is 0 Å². The third-order valence-electron chi connectivity index (χ3n) is 3.46. The van der Waals surface area contributed by atoms with Gasteiger partial charge in [0.05, 0.1) is 11.1 Å². The Labute approximate surface area is 110 Å². The van der Waals surface area contributed by atoms with Gasteiger partial charge in [-0.05, 0) is 47.1 Å². The lowest BCUT2D eigenvalue weighted by atomic mass is 9.95. The minimum absolute atomic E-state index is 0.146. The van der Waals surface area contributed by atoms with Gasteiger partial charge in [0.1, 0.15) is 0 Å². The summed E-state index contributed by atoms with van der Waals surface area (Å²) >= 11 is 0. The fourth-order valence-corrected chi connectivity index (χ4v) is 1.42. The molecule has 0 aliphatic heterocycles. The second kappa shape index (κ2) is 7.71. The van der Waals surface area contributed by atoms with Crippen LogP contribution in [0.3, 0.4) is 0 Å². The van der Waals surface area contributed by atoms with Crippen molar-refractivity contribution >= 4 is 5.91 Å². The van der Waals surface area contributed by atoms with Crippen molar-refractivity contribution in [1.82, 2.24) is 5.32 Å². The highest BCUT2D eigenvalue weighted by Crippen LogP contribution is 2.14. The molecule has 0 aliphatic rings. The largest absolute Gasteiger partial charge is 0.381 e. The van der Waals surface area contributed by atoms with Gasteiger partial charge in [-0.2, -0.15) is 0 Å². The first kappa shape index (κ1) is 17.4. The quantitative estimate of drug-likeness (QED) is 0.576. The van der Waals surface area contributed by atoms with Crippen LogP contribution in [0.25, 0.3) is 0 Å². The molecule has 18 heavy (non-hydrogen) atoms. The molecular weight excluding hydrogens is 232 g/mol. The molecule has 0 rings (SSSR count). The summed E-state index contributed by atoms with van der Waals surface area (Å²) in [4.78, 5) is 11.2. The zero-order valence-electron chi connectivity index (χ0n) is 12.3. The van der Waals surface area contributed by atoms with Gasteiger partial charge in [0.15, 0.2) is 0 Å². The molecule has 0 spiro atoms. The first-order chi connectivity index (χ1) is 8.27. The number of methoxy groups -OCH3 is 1. The van der Waals surface area contributed by atoms with E-state index in [0.717, 1.165) is 12.8 Å². The molecule has 0 bridgehead atoms. The lowest BCUT2D eigenvalue weighted by Crippen LogP contribution is -2.51. The Balaban J connectivity index is 3.72. The number of primary amides is 1. The Hall–Kier alpha value is -0.650. The Bertz CT molecular complexity index is 257. The van der Waals surface area contributed by atoms with E-state index in [-0.39, 0.29) is 11.5 Å². The molecule has 0 aromatic carbocycles. The van der Waals surface area contributed by atoms with E-state index >= 15 is 0 Å². The lowest BCUT2D eigenvalue weighted by molar-refractivity contribution is -0.124. The lowest BCUT2D eigenvalue weighted by Gasteiger charge is -2.25. The van der Waals surface area contributed by atoms with Crippen molar-refractivity contribution in [2.45, 2.75) is 51.2 Å². The number of carbonyl (C=O) groups excluding carboxylic acids is 1. The minimum Gasteiger partial charge on any atom is -0.381 e. The van der Waals surface area contributed by atoms with Gasteiger partial charge < -0.3 is 20.5 Å². The fourth-order valence-electron chi connectivity index (χ4n) is 1.42. The van der Waals surface area contributed by atoms with Crippen LogP contribution in [0.15, 0.2) is 0 Å². The second-order valence-electron chi connectivity index (χ2n) is 5.38. The number of amides is 1. The molecule has 0 aromatic heterocycles. The van der Waals surface area contributed by atoms with E-state index in [1.54, 1.807) is 14.2 Å². The van der Waals surface area contributed by atoms with Crippen LogP contribution < -0.4 is 11.1 Å². The van der Waals surface area contributed by atoms with Crippen LogP contribution in [0.4, 0.5) is 0 Å². The van der Waals surface area contributed by atoms with Crippen LogP contribution in [0.1, 0.15) is 40.0 Å². The summed E-state index contributed by atoms with van der Waals surface area (Å²) in [5.74, 6) is -0.328. The fraction of sp³-hybridized carbons (Fsp3) is 0.923. The molecule has 1 amide bonds. The number of rotatable bonds is 10. The SMILES string of the molecule is CNC(C)(CCCOCCC(C)(C)OC)C(N)=O. The van der Waals surface area contributed by atoms with Crippen molar-refractivity contribution in [2.24, 2.45) is 5.73 Å². The van der Waals surface area contributed by atoms with Gasteiger partial charge >= 0.3 is 0 Å². The maximum atomic E-state index is 11.2. The first-order valence-corrected chi connectivity index (χ1v) is 6.39. The standard InChI is InChI=1S/C13H28N2O3/c1-12(2,17-5)8-10-18-9-6-7-13(3,15-4)11(14)16/h15H,6-10H2,1-5H3,(H2,14,16). The molecule has 0 fully saturated rings. The van der Waals surface area contributed by atoms with Gasteiger partial charge in [0, 0.05) is 20.3 Å². The molecule has 0 aliphatic carbocycles. The van der Waals surface area contributed by atoms with Crippen LogP contribution in [0.2, 0.25) is 0 Å². The Morgan fingerprint density at radius 3 is 2.28 bits per heavy atom. The summed E-state index contributed by atoms with van der Waals surface area (Å²) in [6.07, 6.45) is 2.32. The minimum atomic E-state index is -0.644. The highest BCUT2D eigenvalue weighted by molar-refractivity contribution is 5.84. The summed E-state index contributed by atoms with van der Waals surface area (Å²) in [7, 11) is 3.44. The number of carbonyl (C=O) groups is 1. The topological polar surface area (TPSA) is 73.6 Å². The second-order valence-corrected chi connectivity index (χ2v) is 5.38. The van der Waals surface area contributed by atoms with Crippen molar-refractivity contribution in [3.8, 4) is 0 Å². The third-order valence-corrected chi connectivity index (χ3v) is 3.46. The smallest absolute Gasteiger partial charge is 0.237 e. The molecule has 0 saturated heterocycles. The first-order valence-electron chi connectivity index (χ1n) is 6.39. The third kappa shape index (κ3) is 6.33. The van der Waals surface area contributed by atoms with E-state index in [1.807, 2.05) is 20.8 Å². The highest BCUT2D eigenvalue weighted by atomic mass is 16.5. The van der Waals surface area contributed by atoms with Gasteiger partial charge in [-0.15, -0.1) is 0 Å². The molecule has 0 saturated carbocycles. The molecular formula is C13H28N2O3. The normalized spacial score (nSPS) is 15.4. The van der Waals surface area contributed by atoms with Gasteiger partial charge in [-0.3, -0.25) is 4.79 Å². The predicted molar refractivity (Wildman–Crippen MR) is 72.4 cm³/mol. The van der Waals surface area contributed by atoms with E-state index < -0.39 is 5.54 Å². The summed E-state index contributed by atoms with van der Waals surface area (Å²) in [5, 5.41) is 2.95. The molecule has 5 heteroatoms. The van der Waals surface area contributed by atoms with Gasteiger partial charge in [0.2, 0.25) is 5.91 Å². The van der Waals surface area contributed by atoms with E-state index in [0.29, 0.717) is 19.6 Å². The molecule has 3 N–H and O–H groups in total. The number of nitrogens with two attached hydrogens (primary N) is 1. The van der Waals surface area contributed by atoms with Crippen LogP contribution >= 0.6 is 0 Å². The molecule has 0 radical (unpaired) electrons. The van der Waals surface area contributed by atoms with Gasteiger partial charge in [0.25, 0.3) is 0 Å². The summed E-state index contributed by atoms with van der Waals surface area (Å²) in [6, 6.07) is 0. The van der Waals surface area contributed by atoms with E-state index in [4.69, 9.17) is 15.2 Å². The van der Waals surface area contributed by atoms with E-state index in [9.17, 15) is 4.79 Å². The van der Waals surface area contributed by atoms with Gasteiger partial charge in [-0.25, -0.2) is 0 Å². The summed E-state index contributed by atoms with van der Waals surface area (Å²) in [6.45, 7) is 7.16. The summed E-state index contributed by atoms with van der Waals surface area (Å²) in [5.41, 5.74) is 4.55. The Morgan fingerprint density at radius 2 is 1.83 bits per heavy atom. The van der Waals surface area contributed by atoms with Crippen LogP contribution in [0.5, 0.6) is 0 Å². The van der Waals surface area contributed by atoms with Crippen molar-refractivity contribution in [3.05, 3.63) is 0 Å². The average Bonchev–Trinajstić information content (AvgIpc) is 2.33. The van der Waals surface area contributed by atoms with Crippen LogP contribution in [0, 0.1) is 0 Å². The number of hydrogen-bond acceptors (Lipinski definition) is 4. The van der Waals surface area contributed by atoms with Crippen molar-refractivity contribution in [3.63, 3.8) is 0 Å². The highest BCUT2D eigenvalue weighted by Gasteiger charge is 2.27. The number of likely N-dealkylation sites (N-methyl/N-ethyl adjacent to an activating group) is 1. The van der Waals surface area contributed by atoms with E-state index in [1.165, 1.54) is 0 Å².